The molecule has 0 unspecified atom stereocenters. The molecule has 5 heteroatoms. The van der Waals surface area contributed by atoms with Gasteiger partial charge in [0.25, 0.3) is 0 Å². The Kier molecular flexibility index (Phi) is 4.59. The van der Waals surface area contributed by atoms with Crippen LogP contribution < -0.4 is 0 Å². The molecule has 0 aliphatic carbocycles. The average Bonchev–Trinajstić information content (AvgIpc) is 2.37. The minimum absolute atomic E-state index is 0.198. The summed E-state index contributed by atoms with van der Waals surface area (Å²) in [6, 6.07) is 8.17. The lowest BCUT2D eigenvalue weighted by Crippen LogP contribution is -1.95. The first-order chi connectivity index (χ1) is 9.06. The van der Waals surface area contributed by atoms with Gasteiger partial charge < -0.3 is 0 Å². The molecule has 0 spiro atoms. The number of carbonyl (C=O) groups is 1. The molecule has 0 atom stereocenters. The van der Waals surface area contributed by atoms with E-state index in [4.69, 9.17) is 34.8 Å². The van der Waals surface area contributed by atoms with Gasteiger partial charge in [0.1, 0.15) is 5.15 Å². The number of nitrogens with zero attached hydrogens (tertiary/aromatic N) is 1. The molecule has 2 rings (SSSR count). The number of hydrogen-bond donors (Lipinski definition) is 0. The maximum atomic E-state index is 12.0. The number of pyridine rings is 1. The summed E-state index contributed by atoms with van der Waals surface area (Å²) in [6.45, 7) is 0. The van der Waals surface area contributed by atoms with E-state index in [1.165, 1.54) is 12.1 Å². The highest BCUT2D eigenvalue weighted by Crippen LogP contribution is 2.21. The minimum Gasteiger partial charge on any atom is -0.289 e. The maximum absolute atomic E-state index is 12.0. The van der Waals surface area contributed by atoms with E-state index in [9.17, 15) is 4.79 Å². The van der Waals surface area contributed by atoms with Gasteiger partial charge in [0, 0.05) is 16.8 Å². The van der Waals surface area contributed by atoms with Crippen molar-refractivity contribution in [2.45, 2.75) is 0 Å². The quantitative estimate of drug-likeness (QED) is 0.456. The summed E-state index contributed by atoms with van der Waals surface area (Å²) >= 11 is 17.4. The Morgan fingerprint density at radius 3 is 2.53 bits per heavy atom. The zero-order valence-corrected chi connectivity index (χ0v) is 11.9. The summed E-state index contributed by atoms with van der Waals surface area (Å²) in [6.07, 6.45) is 4.66. The van der Waals surface area contributed by atoms with Gasteiger partial charge in [-0.25, -0.2) is 4.98 Å². The Bertz CT molecular complexity index is 636. The molecule has 0 fully saturated rings. The van der Waals surface area contributed by atoms with Gasteiger partial charge in [0.05, 0.1) is 5.02 Å². The van der Waals surface area contributed by atoms with E-state index in [-0.39, 0.29) is 5.78 Å². The third-order valence-corrected chi connectivity index (χ3v) is 3.15. The Morgan fingerprint density at radius 1 is 1.11 bits per heavy atom. The first-order valence-corrected chi connectivity index (χ1v) is 6.48. The smallest absolute Gasteiger partial charge is 0.187 e. The zero-order chi connectivity index (χ0) is 13.8. The van der Waals surface area contributed by atoms with Crippen molar-refractivity contribution in [3.8, 4) is 0 Å². The fourth-order valence-corrected chi connectivity index (χ4v) is 2.05. The van der Waals surface area contributed by atoms with Crippen molar-refractivity contribution in [1.29, 1.82) is 0 Å². The number of carbonyl (C=O) groups excluding carboxylic acids is 1. The van der Waals surface area contributed by atoms with E-state index in [2.05, 4.69) is 4.98 Å². The zero-order valence-electron chi connectivity index (χ0n) is 9.61. The molecule has 2 aromatic rings. The second kappa shape index (κ2) is 6.20. The van der Waals surface area contributed by atoms with Crippen LogP contribution in [0.25, 0.3) is 6.08 Å². The molecule has 0 saturated heterocycles. The molecule has 0 N–H and O–H groups in total. The molecule has 0 aliphatic rings. The Labute approximate surface area is 125 Å². The van der Waals surface area contributed by atoms with Crippen LogP contribution in [0.2, 0.25) is 15.2 Å². The number of benzene rings is 1. The van der Waals surface area contributed by atoms with Crippen molar-refractivity contribution in [2.75, 3.05) is 0 Å². The van der Waals surface area contributed by atoms with Crippen molar-refractivity contribution >= 4 is 46.7 Å². The van der Waals surface area contributed by atoms with Crippen LogP contribution in [0.15, 0.2) is 42.6 Å². The third-order valence-electron chi connectivity index (χ3n) is 2.37. The lowest BCUT2D eigenvalue weighted by molar-refractivity contribution is 0.104. The van der Waals surface area contributed by atoms with E-state index in [1.807, 2.05) is 0 Å². The Balaban J connectivity index is 2.18. The van der Waals surface area contributed by atoms with Crippen molar-refractivity contribution in [3.05, 3.63) is 68.9 Å². The van der Waals surface area contributed by atoms with Gasteiger partial charge in [-0.2, -0.15) is 0 Å². The lowest BCUT2D eigenvalue weighted by Gasteiger charge is -2.00. The van der Waals surface area contributed by atoms with Gasteiger partial charge >= 0.3 is 0 Å². The van der Waals surface area contributed by atoms with Crippen molar-refractivity contribution in [1.82, 2.24) is 4.98 Å². The van der Waals surface area contributed by atoms with Gasteiger partial charge in [0.2, 0.25) is 0 Å². The topological polar surface area (TPSA) is 30.0 Å². The molecule has 2 nitrogen and oxygen atoms in total. The predicted octanol–water partition coefficient (Wildman–Crippen LogP) is 4.94. The van der Waals surface area contributed by atoms with Crippen LogP contribution in [0.4, 0.5) is 0 Å². The summed E-state index contributed by atoms with van der Waals surface area (Å²) in [5, 5.41) is 1.23. The van der Waals surface area contributed by atoms with E-state index < -0.39 is 0 Å². The average molecular weight is 313 g/mol. The monoisotopic (exact) mass is 311 g/mol. The van der Waals surface area contributed by atoms with Crippen LogP contribution >= 0.6 is 34.8 Å². The predicted molar refractivity (Wildman–Crippen MR) is 79.1 cm³/mol. The molecule has 1 aromatic heterocycles. The summed E-state index contributed by atoms with van der Waals surface area (Å²) in [7, 11) is 0. The van der Waals surface area contributed by atoms with E-state index >= 15 is 0 Å². The van der Waals surface area contributed by atoms with E-state index in [1.54, 1.807) is 36.5 Å². The van der Waals surface area contributed by atoms with Crippen LogP contribution in [-0.2, 0) is 0 Å². The molecular weight excluding hydrogens is 305 g/mol. The molecule has 0 amide bonds. The van der Waals surface area contributed by atoms with Gasteiger partial charge in [-0.15, -0.1) is 0 Å². The second-order valence-corrected chi connectivity index (χ2v) is 4.97. The van der Waals surface area contributed by atoms with Gasteiger partial charge in [-0.05, 0) is 42.0 Å². The molecule has 96 valence electrons. The molecule has 0 saturated carbocycles. The maximum Gasteiger partial charge on any atom is 0.187 e. The van der Waals surface area contributed by atoms with Crippen molar-refractivity contribution < 1.29 is 4.79 Å². The van der Waals surface area contributed by atoms with Crippen LogP contribution in [0.5, 0.6) is 0 Å². The lowest BCUT2D eigenvalue weighted by atomic mass is 10.1. The van der Waals surface area contributed by atoms with E-state index in [0.717, 1.165) is 5.56 Å². The molecule has 0 aliphatic heterocycles. The number of rotatable bonds is 3. The normalized spacial score (nSPS) is 10.9. The SMILES string of the molecule is O=C(/C=C/c1ccc(Cl)nc1)c1ccc(Cl)cc1Cl. The second-order valence-electron chi connectivity index (χ2n) is 3.74. The van der Waals surface area contributed by atoms with E-state index in [0.29, 0.717) is 20.8 Å². The number of halogens is 3. The van der Waals surface area contributed by atoms with Gasteiger partial charge in [-0.1, -0.05) is 40.9 Å². The fraction of sp³-hybridized carbons (Fsp3) is 0. The molecule has 19 heavy (non-hydrogen) atoms. The molecule has 1 heterocycles. The summed E-state index contributed by atoms with van der Waals surface area (Å²) in [4.78, 5) is 15.9. The first kappa shape index (κ1) is 14.1. The Hall–Kier alpha value is -1.35. The summed E-state index contributed by atoms with van der Waals surface area (Å²) in [5.41, 5.74) is 1.19. The number of ketones is 1. The van der Waals surface area contributed by atoms with Crippen molar-refractivity contribution in [3.63, 3.8) is 0 Å². The first-order valence-electron chi connectivity index (χ1n) is 5.35. The molecule has 0 bridgehead atoms. The summed E-state index contributed by atoms with van der Waals surface area (Å²) < 4.78 is 0. The highest BCUT2D eigenvalue weighted by Gasteiger charge is 2.07. The standard InChI is InChI=1S/C14H8Cl3NO/c15-10-3-4-11(12(16)7-10)13(19)5-1-9-2-6-14(17)18-8-9/h1-8H/b5-1+. The van der Waals surface area contributed by atoms with Gasteiger partial charge in [-0.3, -0.25) is 4.79 Å². The number of aromatic nitrogens is 1. The molecule has 0 radical (unpaired) electrons. The largest absolute Gasteiger partial charge is 0.289 e. The minimum atomic E-state index is -0.198. The molecular formula is C14H8Cl3NO. The van der Waals surface area contributed by atoms with Crippen LogP contribution in [0, 0.1) is 0 Å². The number of allylic oxidation sites excluding steroid dienone is 1. The van der Waals surface area contributed by atoms with Crippen molar-refractivity contribution in [2.24, 2.45) is 0 Å². The van der Waals surface area contributed by atoms with Gasteiger partial charge in [0.15, 0.2) is 5.78 Å². The summed E-state index contributed by atoms with van der Waals surface area (Å²) in [5.74, 6) is -0.198. The highest BCUT2D eigenvalue weighted by molar-refractivity contribution is 6.37. The fourth-order valence-electron chi connectivity index (χ4n) is 1.44. The highest BCUT2D eigenvalue weighted by atomic mass is 35.5. The molecule has 1 aromatic carbocycles. The van der Waals surface area contributed by atoms with Crippen LogP contribution in [0.3, 0.4) is 0 Å². The number of hydrogen-bond acceptors (Lipinski definition) is 2. The Morgan fingerprint density at radius 2 is 1.89 bits per heavy atom. The van der Waals surface area contributed by atoms with Crippen LogP contribution in [0.1, 0.15) is 15.9 Å². The van der Waals surface area contributed by atoms with Crippen LogP contribution in [-0.4, -0.2) is 10.8 Å². The third kappa shape index (κ3) is 3.80.